The average molecular weight is 247 g/mol. The minimum absolute atomic E-state index is 0.322. The monoisotopic (exact) mass is 247 g/mol. The second-order valence-corrected chi connectivity index (χ2v) is 4.24. The van der Waals surface area contributed by atoms with Gasteiger partial charge in [0.25, 0.3) is 0 Å². The molecule has 3 aromatic rings. The van der Waals surface area contributed by atoms with Gasteiger partial charge in [0.05, 0.1) is 22.2 Å². The molecule has 2 aromatic heterocycles. The van der Waals surface area contributed by atoms with Gasteiger partial charge in [-0.2, -0.15) is 10.5 Å². The van der Waals surface area contributed by atoms with Crippen molar-refractivity contribution >= 4 is 22.5 Å². The number of benzene rings is 1. The van der Waals surface area contributed by atoms with Crippen molar-refractivity contribution in [3.63, 3.8) is 0 Å². The highest BCUT2D eigenvalue weighted by Crippen LogP contribution is 2.28. The van der Waals surface area contributed by atoms with E-state index in [9.17, 15) is 10.5 Å². The van der Waals surface area contributed by atoms with E-state index >= 15 is 0 Å². The highest BCUT2D eigenvalue weighted by molar-refractivity contribution is 5.86. The Labute approximate surface area is 109 Å². The standard InChI is InChI=1S/C14H9N5/c1-8-9(6-15)13(17)19-12-5-3-2-4-11(12)18-14(19)10(8)7-16/h2-5H,17H2,1H3. The number of hydrogen-bond acceptors (Lipinski definition) is 4. The van der Waals surface area contributed by atoms with Gasteiger partial charge < -0.3 is 5.73 Å². The van der Waals surface area contributed by atoms with Crippen molar-refractivity contribution in [2.75, 3.05) is 5.73 Å². The summed E-state index contributed by atoms with van der Waals surface area (Å²) in [6.07, 6.45) is 0. The van der Waals surface area contributed by atoms with Gasteiger partial charge in [0.1, 0.15) is 18.0 Å². The summed E-state index contributed by atoms with van der Waals surface area (Å²) in [4.78, 5) is 4.43. The van der Waals surface area contributed by atoms with Crippen LogP contribution >= 0.6 is 0 Å². The summed E-state index contributed by atoms with van der Waals surface area (Å²) in [5, 5.41) is 18.5. The third kappa shape index (κ3) is 1.30. The van der Waals surface area contributed by atoms with Crippen LogP contribution in [0.1, 0.15) is 16.7 Å². The summed E-state index contributed by atoms with van der Waals surface area (Å²) in [6.45, 7) is 1.72. The van der Waals surface area contributed by atoms with E-state index in [0.717, 1.165) is 11.0 Å². The van der Waals surface area contributed by atoms with Gasteiger partial charge in [0.2, 0.25) is 0 Å². The van der Waals surface area contributed by atoms with Crippen LogP contribution in [0.2, 0.25) is 0 Å². The molecule has 0 aliphatic carbocycles. The van der Waals surface area contributed by atoms with E-state index in [2.05, 4.69) is 17.1 Å². The van der Waals surface area contributed by atoms with Crippen molar-refractivity contribution in [3.8, 4) is 12.1 Å². The van der Waals surface area contributed by atoms with E-state index < -0.39 is 0 Å². The fraction of sp³-hybridized carbons (Fsp3) is 0.0714. The second kappa shape index (κ2) is 3.72. The Kier molecular flexibility index (Phi) is 2.17. The third-order valence-corrected chi connectivity index (χ3v) is 3.26. The molecule has 2 N–H and O–H groups in total. The molecule has 5 nitrogen and oxygen atoms in total. The minimum atomic E-state index is 0.322. The number of rotatable bonds is 0. The lowest BCUT2D eigenvalue weighted by atomic mass is 10.1. The fourth-order valence-electron chi connectivity index (χ4n) is 2.31. The molecule has 90 valence electrons. The molecule has 0 spiro atoms. The first-order valence-corrected chi connectivity index (χ1v) is 5.68. The first-order valence-electron chi connectivity index (χ1n) is 5.68. The number of nitrogens with zero attached hydrogens (tertiary/aromatic N) is 4. The van der Waals surface area contributed by atoms with Gasteiger partial charge in [0, 0.05) is 0 Å². The van der Waals surface area contributed by atoms with E-state index in [1.54, 1.807) is 11.3 Å². The normalized spacial score (nSPS) is 10.5. The van der Waals surface area contributed by atoms with E-state index in [1.807, 2.05) is 24.3 Å². The summed E-state index contributed by atoms with van der Waals surface area (Å²) in [7, 11) is 0. The first kappa shape index (κ1) is 11.1. The van der Waals surface area contributed by atoms with Crippen LogP contribution in [-0.2, 0) is 0 Å². The van der Waals surface area contributed by atoms with E-state index in [4.69, 9.17) is 5.73 Å². The Balaban J connectivity index is 2.70. The molecule has 5 heteroatoms. The van der Waals surface area contributed by atoms with Crippen molar-refractivity contribution in [2.24, 2.45) is 0 Å². The number of nitriles is 2. The third-order valence-electron chi connectivity index (χ3n) is 3.26. The molecule has 2 heterocycles. The molecule has 0 aliphatic rings. The maximum Gasteiger partial charge on any atom is 0.157 e. The number of hydrogen-bond donors (Lipinski definition) is 1. The van der Waals surface area contributed by atoms with Crippen LogP contribution in [0.25, 0.3) is 16.7 Å². The largest absolute Gasteiger partial charge is 0.384 e. The topological polar surface area (TPSA) is 90.9 Å². The van der Waals surface area contributed by atoms with Crippen LogP contribution in [0.4, 0.5) is 5.82 Å². The molecule has 0 aliphatic heterocycles. The van der Waals surface area contributed by atoms with Crippen molar-refractivity contribution in [3.05, 3.63) is 41.0 Å². The number of aromatic nitrogens is 2. The van der Waals surface area contributed by atoms with Gasteiger partial charge in [-0.1, -0.05) is 12.1 Å². The van der Waals surface area contributed by atoms with Gasteiger partial charge in [0.15, 0.2) is 5.65 Å². The Morgan fingerprint density at radius 1 is 1.16 bits per heavy atom. The predicted octanol–water partition coefficient (Wildman–Crippen LogP) is 2.12. The molecule has 3 rings (SSSR count). The molecule has 0 atom stereocenters. The maximum absolute atomic E-state index is 9.30. The van der Waals surface area contributed by atoms with Crippen LogP contribution in [0, 0.1) is 29.6 Å². The highest BCUT2D eigenvalue weighted by atomic mass is 15.1. The Bertz CT molecular complexity index is 906. The molecule has 1 aromatic carbocycles. The minimum Gasteiger partial charge on any atom is -0.384 e. The number of imidazole rings is 1. The summed E-state index contributed by atoms with van der Waals surface area (Å²) in [5.41, 5.74) is 9.39. The van der Waals surface area contributed by atoms with E-state index in [0.29, 0.717) is 28.2 Å². The van der Waals surface area contributed by atoms with Crippen molar-refractivity contribution < 1.29 is 0 Å². The van der Waals surface area contributed by atoms with Crippen LogP contribution in [0.15, 0.2) is 24.3 Å². The van der Waals surface area contributed by atoms with Gasteiger partial charge in [-0.15, -0.1) is 0 Å². The first-order chi connectivity index (χ1) is 9.19. The number of nitrogens with two attached hydrogens (primary N) is 1. The van der Waals surface area contributed by atoms with E-state index in [-0.39, 0.29) is 0 Å². The molecule has 0 fully saturated rings. The zero-order valence-electron chi connectivity index (χ0n) is 10.2. The molecular formula is C14H9N5. The molecule has 0 radical (unpaired) electrons. The Hall–Kier alpha value is -3.05. The molecule has 0 amide bonds. The van der Waals surface area contributed by atoms with Crippen LogP contribution < -0.4 is 5.73 Å². The van der Waals surface area contributed by atoms with Crippen molar-refractivity contribution in [2.45, 2.75) is 6.92 Å². The van der Waals surface area contributed by atoms with Gasteiger partial charge in [-0.25, -0.2) is 4.98 Å². The van der Waals surface area contributed by atoms with Gasteiger partial charge >= 0.3 is 0 Å². The summed E-state index contributed by atoms with van der Waals surface area (Å²) < 4.78 is 1.67. The van der Waals surface area contributed by atoms with Crippen LogP contribution in [0.5, 0.6) is 0 Å². The van der Waals surface area contributed by atoms with Crippen molar-refractivity contribution in [1.29, 1.82) is 10.5 Å². The molecule has 0 bridgehead atoms. The number of fused-ring (bicyclic) bond motifs is 3. The fourth-order valence-corrected chi connectivity index (χ4v) is 2.31. The maximum atomic E-state index is 9.30. The number of para-hydroxylation sites is 2. The zero-order valence-corrected chi connectivity index (χ0v) is 10.2. The van der Waals surface area contributed by atoms with Crippen LogP contribution in [0.3, 0.4) is 0 Å². The lowest BCUT2D eigenvalue weighted by molar-refractivity contribution is 1.18. The van der Waals surface area contributed by atoms with Gasteiger partial charge in [-0.05, 0) is 24.6 Å². The summed E-state index contributed by atoms with van der Waals surface area (Å²) >= 11 is 0. The summed E-state index contributed by atoms with van der Waals surface area (Å²) in [6, 6.07) is 11.6. The second-order valence-electron chi connectivity index (χ2n) is 4.24. The lowest BCUT2D eigenvalue weighted by Gasteiger charge is -2.08. The molecule has 0 saturated heterocycles. The molecule has 19 heavy (non-hydrogen) atoms. The van der Waals surface area contributed by atoms with E-state index in [1.165, 1.54) is 0 Å². The number of pyridine rings is 1. The smallest absolute Gasteiger partial charge is 0.157 e. The lowest BCUT2D eigenvalue weighted by Crippen LogP contribution is -2.05. The molecular weight excluding hydrogens is 238 g/mol. The number of nitrogen functional groups attached to an aromatic ring is 1. The highest BCUT2D eigenvalue weighted by Gasteiger charge is 2.18. The van der Waals surface area contributed by atoms with Crippen LogP contribution in [-0.4, -0.2) is 9.38 Å². The average Bonchev–Trinajstić information content (AvgIpc) is 2.79. The quantitative estimate of drug-likeness (QED) is 0.658. The Morgan fingerprint density at radius 3 is 2.53 bits per heavy atom. The predicted molar refractivity (Wildman–Crippen MR) is 71.3 cm³/mol. The zero-order chi connectivity index (χ0) is 13.6. The number of anilines is 1. The molecule has 0 saturated carbocycles. The molecule has 0 unspecified atom stereocenters. The summed E-state index contributed by atoms with van der Waals surface area (Å²) in [5.74, 6) is 0.322. The SMILES string of the molecule is Cc1c(C#N)c(N)n2c(nc3ccccc32)c1C#N. The van der Waals surface area contributed by atoms with Crippen molar-refractivity contribution in [1.82, 2.24) is 9.38 Å². The van der Waals surface area contributed by atoms with Gasteiger partial charge in [-0.3, -0.25) is 4.40 Å². The Morgan fingerprint density at radius 2 is 1.84 bits per heavy atom.